The molecule has 0 spiro atoms. The van der Waals surface area contributed by atoms with E-state index in [0.29, 0.717) is 12.6 Å². The Morgan fingerprint density at radius 2 is 2.19 bits per heavy atom. The van der Waals surface area contributed by atoms with Gasteiger partial charge in [0, 0.05) is 30.2 Å². The normalized spacial score (nSPS) is 24.7. The molecule has 0 radical (unpaired) electrons. The predicted octanol–water partition coefficient (Wildman–Crippen LogP) is 3.00. The minimum atomic E-state index is -0.245. The van der Waals surface area contributed by atoms with Gasteiger partial charge in [0.05, 0.1) is 23.0 Å². The van der Waals surface area contributed by atoms with Crippen LogP contribution in [0.1, 0.15) is 30.8 Å². The monoisotopic (exact) mass is 409 g/mol. The number of rotatable bonds is 5. The van der Waals surface area contributed by atoms with Gasteiger partial charge in [0.1, 0.15) is 11.9 Å². The Hall–Kier alpha value is -0.830. The highest BCUT2D eigenvalue weighted by Gasteiger charge is 2.34. The number of piperidine rings is 1. The van der Waals surface area contributed by atoms with E-state index in [2.05, 4.69) is 44.7 Å². The van der Waals surface area contributed by atoms with Gasteiger partial charge in [-0.25, -0.2) is 9.97 Å². The lowest BCUT2D eigenvalue weighted by Crippen LogP contribution is -2.52. The molecule has 27 heavy (non-hydrogen) atoms. The Morgan fingerprint density at radius 1 is 1.37 bits per heavy atom. The van der Waals surface area contributed by atoms with Gasteiger partial charge in [0.25, 0.3) is 0 Å². The molecule has 0 bridgehead atoms. The fourth-order valence-corrected chi connectivity index (χ4v) is 5.70. The van der Waals surface area contributed by atoms with Crippen LogP contribution in [0.5, 0.6) is 0 Å². The van der Waals surface area contributed by atoms with Gasteiger partial charge < -0.3 is 9.64 Å². The van der Waals surface area contributed by atoms with E-state index < -0.39 is 0 Å². The van der Waals surface area contributed by atoms with Crippen molar-refractivity contribution in [3.8, 4) is 0 Å². The van der Waals surface area contributed by atoms with E-state index >= 15 is 0 Å². The van der Waals surface area contributed by atoms with E-state index in [1.54, 1.807) is 17.7 Å². The van der Waals surface area contributed by atoms with Gasteiger partial charge in [-0.1, -0.05) is 18.5 Å². The highest BCUT2D eigenvalue weighted by Crippen LogP contribution is 2.36. The Bertz CT molecular complexity index is 718. The summed E-state index contributed by atoms with van der Waals surface area (Å²) in [6.07, 6.45) is 6.16. The van der Waals surface area contributed by atoms with Crippen LogP contribution >= 0.6 is 22.9 Å². The molecule has 0 saturated carbocycles. The van der Waals surface area contributed by atoms with Crippen LogP contribution in [0.2, 0.25) is 0 Å². The maximum absolute atomic E-state index is 6.34. The van der Waals surface area contributed by atoms with Crippen LogP contribution in [-0.4, -0.2) is 82.7 Å². The minimum absolute atomic E-state index is 0.201. The van der Waals surface area contributed by atoms with E-state index in [1.165, 1.54) is 30.8 Å². The molecule has 2 saturated heterocycles. The summed E-state index contributed by atoms with van der Waals surface area (Å²) in [7, 11) is 2.27. The lowest BCUT2D eigenvalue weighted by molar-refractivity contribution is -0.0579. The Labute approximate surface area is 170 Å². The molecule has 0 amide bonds. The summed E-state index contributed by atoms with van der Waals surface area (Å²) < 4.78 is 6.73. The summed E-state index contributed by atoms with van der Waals surface area (Å²) in [4.78, 5) is 17.5. The van der Waals surface area contributed by atoms with Crippen molar-refractivity contribution in [3.63, 3.8) is 0 Å². The molecule has 0 aromatic carbocycles. The fourth-order valence-electron chi connectivity index (χ4n) is 4.26. The van der Waals surface area contributed by atoms with E-state index in [-0.39, 0.29) is 11.7 Å². The Kier molecular flexibility index (Phi) is 6.26. The highest BCUT2D eigenvalue weighted by atomic mass is 35.5. The molecule has 148 valence electrons. The summed E-state index contributed by atoms with van der Waals surface area (Å²) in [6, 6.07) is 2.80. The number of fused-ring (bicyclic) bond motifs is 1. The SMILES string of the molecule is CCN1CCC(N(C)C(c2cc3ncncc3s2)N2CCOC(Cl)C2)CC1. The molecule has 2 aliphatic rings. The number of nitrogens with zero attached hydrogens (tertiary/aromatic N) is 5. The van der Waals surface area contributed by atoms with Crippen molar-refractivity contribution in [2.24, 2.45) is 0 Å². The summed E-state index contributed by atoms with van der Waals surface area (Å²) in [6.45, 7) is 8.06. The van der Waals surface area contributed by atoms with Crippen LogP contribution in [0.3, 0.4) is 0 Å². The van der Waals surface area contributed by atoms with E-state index in [0.717, 1.165) is 29.9 Å². The molecule has 0 N–H and O–H groups in total. The third-order valence-corrected chi connectivity index (χ3v) is 7.20. The topological polar surface area (TPSA) is 44.7 Å². The minimum Gasteiger partial charge on any atom is -0.360 e. The van der Waals surface area contributed by atoms with Crippen molar-refractivity contribution in [2.45, 2.75) is 37.5 Å². The summed E-state index contributed by atoms with van der Waals surface area (Å²) in [5, 5.41) is 0. The first-order valence-corrected chi connectivity index (χ1v) is 11.0. The second-order valence-electron chi connectivity index (χ2n) is 7.40. The first kappa shape index (κ1) is 19.5. The lowest BCUT2D eigenvalue weighted by atomic mass is 10.0. The van der Waals surface area contributed by atoms with Gasteiger partial charge in [-0.2, -0.15) is 0 Å². The molecule has 2 unspecified atom stereocenters. The number of ether oxygens (including phenoxy) is 1. The standard InChI is InChI=1S/C19H28ClN5OS/c1-3-24-6-4-14(5-7-24)23(2)19(25-8-9-26-18(20)12-25)16-10-15-17(27-16)11-21-13-22-15/h10-11,13-14,18-19H,3-9,12H2,1-2H3. The third kappa shape index (κ3) is 4.28. The highest BCUT2D eigenvalue weighted by molar-refractivity contribution is 7.19. The van der Waals surface area contributed by atoms with Gasteiger partial charge in [-0.15, -0.1) is 11.3 Å². The third-order valence-electron chi connectivity index (χ3n) is 5.84. The number of aromatic nitrogens is 2. The van der Waals surface area contributed by atoms with Gasteiger partial charge in [0.15, 0.2) is 0 Å². The second-order valence-corrected chi connectivity index (χ2v) is 9.00. The van der Waals surface area contributed by atoms with Crippen molar-refractivity contribution in [1.29, 1.82) is 0 Å². The zero-order chi connectivity index (χ0) is 18.8. The van der Waals surface area contributed by atoms with Gasteiger partial charge >= 0.3 is 0 Å². The molecule has 2 aliphatic heterocycles. The van der Waals surface area contributed by atoms with Crippen LogP contribution in [0, 0.1) is 0 Å². The van der Waals surface area contributed by atoms with Crippen LogP contribution in [-0.2, 0) is 4.74 Å². The molecule has 0 aliphatic carbocycles. The maximum Gasteiger partial charge on any atom is 0.143 e. The maximum atomic E-state index is 6.34. The molecule has 4 heterocycles. The zero-order valence-electron chi connectivity index (χ0n) is 16.1. The summed E-state index contributed by atoms with van der Waals surface area (Å²) in [5.74, 6) is 0. The van der Waals surface area contributed by atoms with Crippen LogP contribution in [0.15, 0.2) is 18.6 Å². The molecule has 4 rings (SSSR count). The van der Waals surface area contributed by atoms with E-state index in [9.17, 15) is 0 Å². The average Bonchev–Trinajstić information content (AvgIpc) is 3.11. The lowest BCUT2D eigenvalue weighted by Gasteiger charge is -2.45. The van der Waals surface area contributed by atoms with Crippen molar-refractivity contribution < 1.29 is 4.74 Å². The number of alkyl halides is 1. The molecular formula is C19H28ClN5OS. The second kappa shape index (κ2) is 8.68. The smallest absolute Gasteiger partial charge is 0.143 e. The van der Waals surface area contributed by atoms with Crippen molar-refractivity contribution in [1.82, 2.24) is 24.7 Å². The Balaban J connectivity index is 1.61. The quantitative estimate of drug-likeness (QED) is 0.707. The number of likely N-dealkylation sites (tertiary alicyclic amines) is 1. The molecule has 2 fully saturated rings. The van der Waals surface area contributed by atoms with Crippen molar-refractivity contribution in [3.05, 3.63) is 23.5 Å². The molecule has 2 aromatic heterocycles. The van der Waals surface area contributed by atoms with E-state index in [1.807, 2.05) is 6.20 Å². The molecule has 2 aromatic rings. The van der Waals surface area contributed by atoms with Crippen LogP contribution in [0.4, 0.5) is 0 Å². The van der Waals surface area contributed by atoms with Crippen molar-refractivity contribution in [2.75, 3.05) is 46.4 Å². The van der Waals surface area contributed by atoms with Crippen LogP contribution < -0.4 is 0 Å². The molecule has 6 nitrogen and oxygen atoms in total. The summed E-state index contributed by atoms with van der Waals surface area (Å²) in [5.41, 5.74) is 0.783. The number of halogens is 1. The fraction of sp³-hybridized carbons (Fsp3) is 0.684. The van der Waals surface area contributed by atoms with Gasteiger partial charge in [-0.05, 0) is 45.6 Å². The van der Waals surface area contributed by atoms with Crippen LogP contribution in [0.25, 0.3) is 10.2 Å². The number of morpholine rings is 1. The first-order valence-electron chi connectivity index (χ1n) is 9.79. The predicted molar refractivity (Wildman–Crippen MR) is 110 cm³/mol. The zero-order valence-corrected chi connectivity index (χ0v) is 17.6. The number of hydrogen-bond donors (Lipinski definition) is 0. The van der Waals surface area contributed by atoms with Crippen molar-refractivity contribution >= 4 is 33.2 Å². The number of thiophene rings is 1. The largest absolute Gasteiger partial charge is 0.360 e. The first-order chi connectivity index (χ1) is 13.2. The average molecular weight is 410 g/mol. The molecule has 8 heteroatoms. The van der Waals surface area contributed by atoms with E-state index in [4.69, 9.17) is 16.3 Å². The molecule has 2 atom stereocenters. The Morgan fingerprint density at radius 3 is 2.89 bits per heavy atom. The number of hydrogen-bond acceptors (Lipinski definition) is 7. The summed E-state index contributed by atoms with van der Waals surface area (Å²) >= 11 is 8.14. The van der Waals surface area contributed by atoms with Gasteiger partial charge in [0.2, 0.25) is 0 Å². The van der Waals surface area contributed by atoms with Gasteiger partial charge in [-0.3, -0.25) is 9.80 Å². The molecular weight excluding hydrogens is 382 g/mol.